The van der Waals surface area contributed by atoms with Crippen molar-refractivity contribution in [1.82, 2.24) is 15.4 Å². The van der Waals surface area contributed by atoms with Crippen molar-refractivity contribution in [2.24, 2.45) is 5.16 Å². The molecule has 2 aliphatic rings. The monoisotopic (exact) mass is 500 g/mol. The maximum Gasteiger partial charge on any atom is 0.360 e. The third kappa shape index (κ3) is 5.02. The molecule has 1 heterocycles. The summed E-state index contributed by atoms with van der Waals surface area (Å²) in [7, 11) is 0. The molecule has 0 aromatic heterocycles. The number of hydrogen-bond acceptors (Lipinski definition) is 7. The van der Waals surface area contributed by atoms with Crippen molar-refractivity contribution >= 4 is 23.6 Å². The molecular formula is C28H28N4O3S. The van der Waals surface area contributed by atoms with Gasteiger partial charge >= 0.3 is 5.97 Å². The van der Waals surface area contributed by atoms with E-state index in [1.54, 1.807) is 9.93 Å². The molecule has 1 aliphatic heterocycles. The summed E-state index contributed by atoms with van der Waals surface area (Å²) in [6, 6.07) is 30.6. The number of rotatable bonds is 9. The summed E-state index contributed by atoms with van der Waals surface area (Å²) in [6.07, 6.45) is 3.94. The fraction of sp³-hybridized carbons (Fsp3) is 0.214. The minimum Gasteiger partial charge on any atom is -0.476 e. The lowest BCUT2D eigenvalue weighted by Gasteiger charge is -2.39. The standard InChI is InChI=1S/C28H28N4O3S/c33-27(34)26(30-35-24-18-10-11-19-24)25-20-36-32(29-25)31-28(21-12-4-1-5-13-21,22-14-6-2-7-15-22)23-16-8-3-9-17-23/h1-9,12-17,20,24,29,31H,10-11,18-19H2,(H,33,34)/b30-26-. The molecule has 5 rings (SSSR count). The Morgan fingerprint density at radius 1 is 0.917 bits per heavy atom. The molecule has 36 heavy (non-hydrogen) atoms. The van der Waals surface area contributed by atoms with Gasteiger partial charge in [0.25, 0.3) is 0 Å². The van der Waals surface area contributed by atoms with Crippen LogP contribution in [0.1, 0.15) is 42.4 Å². The summed E-state index contributed by atoms with van der Waals surface area (Å²) < 4.78 is 1.72. The van der Waals surface area contributed by atoms with Gasteiger partial charge in [-0.1, -0.05) is 101 Å². The summed E-state index contributed by atoms with van der Waals surface area (Å²) in [4.78, 5) is 17.6. The van der Waals surface area contributed by atoms with Gasteiger partial charge in [-0.05, 0) is 54.3 Å². The van der Waals surface area contributed by atoms with Crippen LogP contribution in [0.3, 0.4) is 0 Å². The van der Waals surface area contributed by atoms with E-state index in [-0.39, 0.29) is 11.8 Å². The van der Waals surface area contributed by atoms with E-state index in [2.05, 4.69) is 52.4 Å². The van der Waals surface area contributed by atoms with Gasteiger partial charge in [-0.25, -0.2) is 10.2 Å². The van der Waals surface area contributed by atoms with Gasteiger partial charge in [-0.3, -0.25) is 5.43 Å². The molecule has 0 atom stereocenters. The normalized spacial score (nSPS) is 17.0. The number of carboxylic acid groups (broad SMARTS) is 1. The SMILES string of the molecule is O=C(O)/C(=N\OC1CCCC1)C1=CSN(NC(c2ccccc2)(c2ccccc2)c2ccccc2)N1. The quantitative estimate of drug-likeness (QED) is 0.161. The van der Waals surface area contributed by atoms with Gasteiger partial charge in [0, 0.05) is 5.41 Å². The Labute approximate surface area is 214 Å². The topological polar surface area (TPSA) is 86.2 Å². The number of aliphatic carboxylic acids is 1. The highest BCUT2D eigenvalue weighted by molar-refractivity contribution is 8.00. The number of carboxylic acids is 1. The van der Waals surface area contributed by atoms with Crippen LogP contribution in [-0.4, -0.2) is 27.4 Å². The van der Waals surface area contributed by atoms with Crippen LogP contribution in [0, 0.1) is 0 Å². The van der Waals surface area contributed by atoms with Crippen LogP contribution in [0.15, 0.2) is 107 Å². The number of hydrogen-bond donors (Lipinski definition) is 3. The van der Waals surface area contributed by atoms with E-state index in [4.69, 9.17) is 4.84 Å². The highest BCUT2D eigenvalue weighted by Crippen LogP contribution is 2.38. The number of nitrogens with one attached hydrogen (secondary N) is 2. The van der Waals surface area contributed by atoms with Crippen LogP contribution < -0.4 is 10.9 Å². The zero-order chi connectivity index (χ0) is 24.8. The smallest absolute Gasteiger partial charge is 0.360 e. The average Bonchev–Trinajstić information content (AvgIpc) is 3.61. The summed E-state index contributed by atoms with van der Waals surface area (Å²) in [6.45, 7) is 0. The predicted octanol–water partition coefficient (Wildman–Crippen LogP) is 5.19. The molecule has 3 aromatic carbocycles. The minimum absolute atomic E-state index is 0.0230. The fourth-order valence-corrected chi connectivity index (χ4v) is 5.38. The van der Waals surface area contributed by atoms with E-state index in [9.17, 15) is 9.90 Å². The third-order valence-electron chi connectivity index (χ3n) is 6.44. The lowest BCUT2D eigenvalue weighted by molar-refractivity contribution is -0.129. The first kappa shape index (κ1) is 24.1. The zero-order valence-electron chi connectivity index (χ0n) is 19.7. The van der Waals surface area contributed by atoms with Crippen molar-refractivity contribution < 1.29 is 14.7 Å². The maximum absolute atomic E-state index is 12.0. The molecular weight excluding hydrogens is 472 g/mol. The molecule has 0 saturated heterocycles. The average molecular weight is 501 g/mol. The molecule has 0 amide bonds. The Bertz CT molecular complexity index is 1130. The van der Waals surface area contributed by atoms with Gasteiger partial charge in [0.15, 0.2) is 0 Å². The van der Waals surface area contributed by atoms with Gasteiger partial charge in [0.2, 0.25) is 5.71 Å². The molecule has 3 aromatic rings. The van der Waals surface area contributed by atoms with Gasteiger partial charge < -0.3 is 9.94 Å². The molecule has 0 spiro atoms. The lowest BCUT2D eigenvalue weighted by Crippen LogP contribution is -2.54. The number of oxime groups is 1. The Hall–Kier alpha value is -3.59. The van der Waals surface area contributed by atoms with Crippen LogP contribution in [0.2, 0.25) is 0 Å². The van der Waals surface area contributed by atoms with Gasteiger partial charge in [0.05, 0.1) is 5.70 Å². The molecule has 0 bridgehead atoms. The van der Waals surface area contributed by atoms with Crippen molar-refractivity contribution in [2.75, 3.05) is 0 Å². The summed E-state index contributed by atoms with van der Waals surface area (Å²) in [5, 5.41) is 15.6. The van der Waals surface area contributed by atoms with Crippen LogP contribution in [-0.2, 0) is 15.2 Å². The molecule has 1 aliphatic carbocycles. The number of nitrogens with zero attached hydrogens (tertiary/aromatic N) is 2. The minimum atomic E-state index is -1.14. The summed E-state index contributed by atoms with van der Waals surface area (Å²) in [5.41, 5.74) is 9.38. The van der Waals surface area contributed by atoms with E-state index in [0.717, 1.165) is 42.4 Å². The van der Waals surface area contributed by atoms with Gasteiger partial charge in [-0.15, -0.1) is 0 Å². The van der Waals surface area contributed by atoms with E-state index in [0.29, 0.717) is 5.70 Å². The van der Waals surface area contributed by atoms with E-state index in [1.165, 1.54) is 11.9 Å². The van der Waals surface area contributed by atoms with Crippen molar-refractivity contribution in [3.63, 3.8) is 0 Å². The van der Waals surface area contributed by atoms with E-state index in [1.807, 2.05) is 54.6 Å². The first-order chi connectivity index (χ1) is 17.7. The van der Waals surface area contributed by atoms with Crippen LogP contribution in [0.4, 0.5) is 0 Å². The highest BCUT2D eigenvalue weighted by atomic mass is 32.2. The molecule has 0 radical (unpaired) electrons. The van der Waals surface area contributed by atoms with Crippen LogP contribution in [0.25, 0.3) is 0 Å². The Balaban J connectivity index is 1.47. The van der Waals surface area contributed by atoms with Crippen LogP contribution >= 0.6 is 11.9 Å². The molecule has 7 nitrogen and oxygen atoms in total. The van der Waals surface area contributed by atoms with Crippen molar-refractivity contribution in [3.8, 4) is 0 Å². The second-order valence-corrected chi connectivity index (χ2v) is 9.57. The predicted molar refractivity (Wildman–Crippen MR) is 141 cm³/mol. The largest absolute Gasteiger partial charge is 0.476 e. The molecule has 1 saturated carbocycles. The molecule has 8 heteroatoms. The number of carbonyl (C=O) groups is 1. The van der Waals surface area contributed by atoms with Crippen LogP contribution in [0.5, 0.6) is 0 Å². The van der Waals surface area contributed by atoms with Gasteiger partial charge in [0.1, 0.15) is 11.6 Å². The third-order valence-corrected chi connectivity index (χ3v) is 7.18. The van der Waals surface area contributed by atoms with Crippen molar-refractivity contribution in [1.29, 1.82) is 0 Å². The summed E-state index contributed by atoms with van der Waals surface area (Å²) >= 11 is 1.31. The molecule has 0 unspecified atom stereocenters. The summed E-state index contributed by atoms with van der Waals surface area (Å²) in [5.74, 6) is -1.14. The second-order valence-electron chi connectivity index (χ2n) is 8.76. The molecule has 184 valence electrons. The molecule has 1 fully saturated rings. The van der Waals surface area contributed by atoms with E-state index < -0.39 is 11.5 Å². The fourth-order valence-electron chi connectivity index (χ4n) is 4.67. The number of benzene rings is 3. The molecule has 3 N–H and O–H groups in total. The first-order valence-corrected chi connectivity index (χ1v) is 12.9. The Morgan fingerprint density at radius 2 is 1.42 bits per heavy atom. The Kier molecular flexibility index (Phi) is 7.36. The van der Waals surface area contributed by atoms with Crippen molar-refractivity contribution in [3.05, 3.63) is 119 Å². The highest BCUT2D eigenvalue weighted by Gasteiger charge is 2.39. The van der Waals surface area contributed by atoms with E-state index >= 15 is 0 Å². The zero-order valence-corrected chi connectivity index (χ0v) is 20.5. The Morgan fingerprint density at radius 3 is 1.89 bits per heavy atom. The second kappa shape index (κ2) is 11.0. The lowest BCUT2D eigenvalue weighted by atomic mass is 9.77. The maximum atomic E-state index is 12.0. The van der Waals surface area contributed by atoms with Gasteiger partial charge in [-0.2, -0.15) is 0 Å². The first-order valence-electron chi connectivity index (χ1n) is 12.0. The number of hydrazine groups is 2. The van der Waals surface area contributed by atoms with Crippen molar-refractivity contribution in [2.45, 2.75) is 37.3 Å².